The Bertz CT molecular complexity index is 1160. The number of nitrogens with two attached hydrogens (primary N) is 1. The summed E-state index contributed by atoms with van der Waals surface area (Å²) in [5.74, 6) is -1.18. The molecule has 184 valence electrons. The molecule has 7 nitrogen and oxygen atoms in total. The Morgan fingerprint density at radius 1 is 1.21 bits per heavy atom. The Labute approximate surface area is 205 Å². The van der Waals surface area contributed by atoms with Gasteiger partial charge in [-0.2, -0.15) is 8.42 Å². The maximum absolute atomic E-state index is 12.2. The van der Waals surface area contributed by atoms with Crippen LogP contribution in [0.2, 0.25) is 5.02 Å². The highest BCUT2D eigenvalue weighted by Gasteiger charge is 2.47. The SMILES string of the molecule is CC(C)C(C(Oc1ccc2c(c1)C(C1(c3ccc(Cl)cc3)CCC1)NCC2)C(N)=O)S(=O)(=O)O. The summed E-state index contributed by atoms with van der Waals surface area (Å²) in [4.78, 5) is 12.2. The van der Waals surface area contributed by atoms with Gasteiger partial charge in [0.1, 0.15) is 11.0 Å². The average Bonchev–Trinajstić information content (AvgIpc) is 2.72. The highest BCUT2D eigenvalue weighted by Crippen LogP contribution is 2.53. The molecule has 2 aliphatic rings. The van der Waals surface area contributed by atoms with E-state index in [-0.39, 0.29) is 11.5 Å². The quantitative estimate of drug-likeness (QED) is 0.469. The zero-order valence-corrected chi connectivity index (χ0v) is 20.9. The van der Waals surface area contributed by atoms with E-state index >= 15 is 0 Å². The minimum atomic E-state index is -4.56. The molecule has 4 N–H and O–H groups in total. The predicted octanol–water partition coefficient (Wildman–Crippen LogP) is 3.79. The van der Waals surface area contributed by atoms with Crippen molar-refractivity contribution >= 4 is 27.6 Å². The molecule has 9 heteroatoms. The number of primary amides is 1. The zero-order chi connectivity index (χ0) is 24.7. The first-order chi connectivity index (χ1) is 16.0. The molecule has 4 rings (SSSR count). The third kappa shape index (κ3) is 4.69. The van der Waals surface area contributed by atoms with Crippen LogP contribution in [0.25, 0.3) is 0 Å². The summed E-state index contributed by atoms with van der Waals surface area (Å²) in [6, 6.07) is 13.6. The van der Waals surface area contributed by atoms with Gasteiger partial charge in [-0.1, -0.05) is 50.1 Å². The molecule has 0 spiro atoms. The van der Waals surface area contributed by atoms with Gasteiger partial charge in [-0.25, -0.2) is 0 Å². The summed E-state index contributed by atoms with van der Waals surface area (Å²) >= 11 is 6.13. The fourth-order valence-corrected chi connectivity index (χ4v) is 6.78. The van der Waals surface area contributed by atoms with E-state index in [1.165, 1.54) is 11.1 Å². The normalized spacial score (nSPS) is 21.3. The van der Waals surface area contributed by atoms with Gasteiger partial charge in [0, 0.05) is 16.5 Å². The van der Waals surface area contributed by atoms with E-state index in [0.29, 0.717) is 10.8 Å². The Kier molecular flexibility index (Phi) is 6.97. The summed E-state index contributed by atoms with van der Waals surface area (Å²) in [7, 11) is -4.56. The second-order valence-corrected chi connectivity index (χ2v) is 11.7. The van der Waals surface area contributed by atoms with E-state index in [1.54, 1.807) is 19.9 Å². The third-order valence-corrected chi connectivity index (χ3v) is 8.96. The Hall–Kier alpha value is -2.13. The molecule has 0 saturated heterocycles. The molecule has 2 aromatic carbocycles. The smallest absolute Gasteiger partial charge is 0.272 e. The number of hydrogen-bond donors (Lipinski definition) is 3. The standard InChI is InChI=1S/C25H31ClN2O5S/c1-15(2)22(34(30,31)32)21(24(27)29)33-19-9-4-16-10-13-28-23(20(16)14-19)25(11-3-12-25)17-5-7-18(26)8-6-17/h4-9,14-15,21-23,28H,3,10-13H2,1-2H3,(H2,27,29)(H,30,31,32). The van der Waals surface area contributed by atoms with Crippen LogP contribution in [0, 0.1) is 5.92 Å². The van der Waals surface area contributed by atoms with Gasteiger partial charge >= 0.3 is 0 Å². The van der Waals surface area contributed by atoms with E-state index in [4.69, 9.17) is 22.1 Å². The van der Waals surface area contributed by atoms with Crippen molar-refractivity contribution in [2.24, 2.45) is 11.7 Å². The fourth-order valence-electron chi connectivity index (χ4n) is 5.46. The molecule has 1 saturated carbocycles. The monoisotopic (exact) mass is 506 g/mol. The second kappa shape index (κ2) is 9.49. The third-order valence-electron chi connectivity index (χ3n) is 7.23. The molecule has 1 aliphatic heterocycles. The molecule has 34 heavy (non-hydrogen) atoms. The van der Waals surface area contributed by atoms with E-state index < -0.39 is 33.3 Å². The lowest BCUT2D eigenvalue weighted by molar-refractivity contribution is -0.125. The van der Waals surface area contributed by atoms with Gasteiger partial charge in [-0.15, -0.1) is 0 Å². The van der Waals surface area contributed by atoms with Crippen molar-refractivity contribution in [2.75, 3.05) is 6.54 Å². The van der Waals surface area contributed by atoms with Crippen LogP contribution in [0.5, 0.6) is 5.75 Å². The zero-order valence-electron chi connectivity index (χ0n) is 19.3. The predicted molar refractivity (Wildman–Crippen MR) is 132 cm³/mol. The van der Waals surface area contributed by atoms with Crippen molar-refractivity contribution in [3.05, 3.63) is 64.2 Å². The maximum Gasteiger partial charge on any atom is 0.272 e. The van der Waals surface area contributed by atoms with Crippen LogP contribution in [0.4, 0.5) is 0 Å². The van der Waals surface area contributed by atoms with Crippen molar-refractivity contribution in [3.63, 3.8) is 0 Å². The van der Waals surface area contributed by atoms with E-state index in [0.717, 1.165) is 37.8 Å². The lowest BCUT2D eigenvalue weighted by atomic mass is 9.58. The van der Waals surface area contributed by atoms with Crippen LogP contribution < -0.4 is 15.8 Å². The molecule has 1 fully saturated rings. The van der Waals surface area contributed by atoms with E-state index in [2.05, 4.69) is 17.4 Å². The van der Waals surface area contributed by atoms with E-state index in [1.807, 2.05) is 24.3 Å². The minimum Gasteiger partial charge on any atom is -0.479 e. The van der Waals surface area contributed by atoms with Gasteiger partial charge in [-0.05, 0) is 72.7 Å². The lowest BCUT2D eigenvalue weighted by Gasteiger charge is -2.50. The number of rotatable bonds is 8. The molecule has 0 aromatic heterocycles. The van der Waals surface area contributed by atoms with Gasteiger partial charge in [0.05, 0.1) is 0 Å². The summed E-state index contributed by atoms with van der Waals surface area (Å²) in [5.41, 5.74) is 8.89. The first-order valence-corrected chi connectivity index (χ1v) is 13.5. The summed E-state index contributed by atoms with van der Waals surface area (Å²) in [6.07, 6.45) is 2.51. The molecule has 2 aromatic rings. The van der Waals surface area contributed by atoms with Gasteiger partial charge in [0.2, 0.25) is 0 Å². The Morgan fingerprint density at radius 2 is 1.88 bits per heavy atom. The Morgan fingerprint density at radius 3 is 2.41 bits per heavy atom. The van der Waals surface area contributed by atoms with Crippen molar-refractivity contribution in [1.29, 1.82) is 0 Å². The van der Waals surface area contributed by atoms with Crippen molar-refractivity contribution in [1.82, 2.24) is 5.32 Å². The minimum absolute atomic E-state index is 0.0317. The van der Waals surface area contributed by atoms with Crippen molar-refractivity contribution in [2.45, 2.75) is 62.3 Å². The number of fused-ring (bicyclic) bond motifs is 1. The summed E-state index contributed by atoms with van der Waals surface area (Å²) in [5, 5.41) is 2.91. The van der Waals surface area contributed by atoms with Crippen LogP contribution in [-0.4, -0.2) is 36.8 Å². The number of carbonyl (C=O) groups is 1. The van der Waals surface area contributed by atoms with Gasteiger partial charge < -0.3 is 15.8 Å². The molecule has 0 radical (unpaired) electrons. The first kappa shape index (κ1) is 25.0. The first-order valence-electron chi connectivity index (χ1n) is 11.6. The second-order valence-electron chi connectivity index (χ2n) is 9.68. The van der Waals surface area contributed by atoms with E-state index in [9.17, 15) is 17.8 Å². The number of hydrogen-bond acceptors (Lipinski definition) is 5. The number of halogens is 1. The molecular weight excluding hydrogens is 476 g/mol. The molecule has 1 heterocycles. The van der Waals surface area contributed by atoms with Gasteiger partial charge in [0.15, 0.2) is 6.10 Å². The lowest BCUT2D eigenvalue weighted by Crippen LogP contribution is -2.50. The number of amides is 1. The van der Waals surface area contributed by atoms with Crippen molar-refractivity contribution < 1.29 is 22.5 Å². The molecule has 1 aliphatic carbocycles. The van der Waals surface area contributed by atoms with Crippen LogP contribution >= 0.6 is 11.6 Å². The largest absolute Gasteiger partial charge is 0.479 e. The molecule has 1 amide bonds. The molecule has 3 atom stereocenters. The number of carbonyl (C=O) groups excluding carboxylic acids is 1. The maximum atomic E-state index is 12.2. The van der Waals surface area contributed by atoms with Crippen LogP contribution in [0.1, 0.15) is 55.8 Å². The van der Waals surface area contributed by atoms with Crippen LogP contribution in [0.3, 0.4) is 0 Å². The molecule has 0 bridgehead atoms. The van der Waals surface area contributed by atoms with Crippen LogP contribution in [-0.2, 0) is 26.7 Å². The highest BCUT2D eigenvalue weighted by molar-refractivity contribution is 7.86. The number of ether oxygens (including phenoxy) is 1. The highest BCUT2D eigenvalue weighted by atomic mass is 35.5. The molecular formula is C25H31ClN2O5S. The topological polar surface area (TPSA) is 119 Å². The fraction of sp³-hybridized carbons (Fsp3) is 0.480. The number of nitrogens with one attached hydrogen (secondary N) is 1. The summed E-state index contributed by atoms with van der Waals surface area (Å²) in [6.45, 7) is 4.03. The van der Waals surface area contributed by atoms with Crippen LogP contribution in [0.15, 0.2) is 42.5 Å². The summed E-state index contributed by atoms with van der Waals surface area (Å²) < 4.78 is 39.6. The average molecular weight is 507 g/mol. The molecule has 3 unspecified atom stereocenters. The Balaban J connectivity index is 1.71. The number of benzene rings is 2. The van der Waals surface area contributed by atoms with Gasteiger partial charge in [0.25, 0.3) is 16.0 Å². The van der Waals surface area contributed by atoms with Crippen molar-refractivity contribution in [3.8, 4) is 5.75 Å². The van der Waals surface area contributed by atoms with Gasteiger partial charge in [-0.3, -0.25) is 9.35 Å².